The molecule has 358 valence electrons. The lowest BCUT2D eigenvalue weighted by Crippen LogP contribution is -1.95. The van der Waals surface area contributed by atoms with Crippen molar-refractivity contribution in [3.05, 3.63) is 219 Å². The average molecular weight is 961 g/mol. The van der Waals surface area contributed by atoms with Crippen molar-refractivity contribution in [1.29, 1.82) is 5.41 Å². The summed E-state index contributed by atoms with van der Waals surface area (Å²) < 4.78 is 11.2. The van der Waals surface area contributed by atoms with E-state index in [0.717, 1.165) is 135 Å². The van der Waals surface area contributed by atoms with E-state index in [2.05, 4.69) is 203 Å². The van der Waals surface area contributed by atoms with E-state index in [1.54, 1.807) is 19.3 Å². The number of allylic oxidation sites excluding steroid dienone is 3. The maximum Gasteiger partial charge on any atom is 0.135 e. The minimum Gasteiger partial charge on any atom is -0.456 e. The highest BCUT2D eigenvalue weighted by Crippen LogP contribution is 2.40. The van der Waals surface area contributed by atoms with Gasteiger partial charge in [0.25, 0.3) is 0 Å². The van der Waals surface area contributed by atoms with Crippen molar-refractivity contribution in [1.82, 2.24) is 24.1 Å². The monoisotopic (exact) mass is 960 g/mol. The third kappa shape index (κ3) is 8.81. The average Bonchev–Trinajstić information content (AvgIpc) is 4.10. The zero-order valence-electron chi connectivity index (χ0n) is 41.5. The molecule has 13 rings (SSSR count). The molecule has 6 aromatic heterocycles. The van der Waals surface area contributed by atoms with Gasteiger partial charge >= 0.3 is 0 Å². The highest BCUT2D eigenvalue weighted by Gasteiger charge is 2.20. The predicted octanol–water partition coefficient (Wildman–Crippen LogP) is 16.5. The number of rotatable bonds is 8. The topological polar surface area (TPSA) is 110 Å². The number of furan rings is 1. The Morgan fingerprint density at radius 1 is 0.554 bits per heavy atom. The number of nitrogens with one attached hydrogen (secondary N) is 1. The van der Waals surface area contributed by atoms with Gasteiger partial charge in [-0.25, -0.2) is 0 Å². The Kier molecular flexibility index (Phi) is 12.8. The number of hydrogen-bond acceptors (Lipinski definition) is 7. The van der Waals surface area contributed by atoms with E-state index in [-0.39, 0.29) is 0 Å². The molecular weight excluding hydrogens is 909 g/mol. The molecule has 74 heavy (non-hydrogen) atoms. The van der Waals surface area contributed by atoms with Crippen LogP contribution in [0.25, 0.3) is 116 Å². The van der Waals surface area contributed by atoms with Gasteiger partial charge in [0.05, 0.1) is 33.1 Å². The number of aromatic nitrogens is 5. The number of pyridine rings is 3. The summed E-state index contributed by atoms with van der Waals surface area (Å²) in [6, 6.07) is 56.7. The number of aryl methyl sites for hydroxylation is 2. The lowest BCUT2D eigenvalue weighted by Gasteiger charge is -2.11. The molecule has 1 N–H and O–H groups in total. The summed E-state index contributed by atoms with van der Waals surface area (Å²) in [6.45, 7) is 10.8. The molecule has 0 fully saturated rings. The van der Waals surface area contributed by atoms with Crippen LogP contribution in [0.4, 0.5) is 0 Å². The van der Waals surface area contributed by atoms with Crippen molar-refractivity contribution in [2.45, 2.75) is 26.7 Å². The van der Waals surface area contributed by atoms with Crippen LogP contribution in [-0.4, -0.2) is 49.8 Å². The Hall–Kier alpha value is -9.60. The molecule has 0 aliphatic carbocycles. The minimum atomic E-state index is 0.841. The van der Waals surface area contributed by atoms with Crippen molar-refractivity contribution in [3.63, 3.8) is 0 Å². The molecule has 7 heterocycles. The van der Waals surface area contributed by atoms with Crippen LogP contribution in [0.15, 0.2) is 216 Å². The highest BCUT2D eigenvalue weighted by atomic mass is 16.3. The minimum absolute atomic E-state index is 0.841. The molecule has 9 heteroatoms. The molecule has 1 aliphatic heterocycles. The molecular formula is C65H52N8O. The molecule has 9 nitrogen and oxygen atoms in total. The summed E-state index contributed by atoms with van der Waals surface area (Å²) in [5, 5.41) is 10.5. The molecule has 12 aromatic rings. The van der Waals surface area contributed by atoms with E-state index in [4.69, 9.17) is 19.8 Å². The Bertz CT molecular complexity index is 4240. The molecule has 0 radical (unpaired) electrons. The van der Waals surface area contributed by atoms with Crippen molar-refractivity contribution < 1.29 is 4.42 Å². The van der Waals surface area contributed by atoms with E-state index in [9.17, 15) is 0 Å². The largest absolute Gasteiger partial charge is 0.456 e. The van der Waals surface area contributed by atoms with Gasteiger partial charge in [0.2, 0.25) is 0 Å². The molecule has 6 aromatic carbocycles. The van der Waals surface area contributed by atoms with Gasteiger partial charge in [0, 0.05) is 94.2 Å². The maximum atomic E-state index is 6.54. The Balaban J connectivity index is 0.000000606. The van der Waals surface area contributed by atoms with Crippen LogP contribution in [0.5, 0.6) is 0 Å². The molecule has 0 saturated heterocycles. The summed E-state index contributed by atoms with van der Waals surface area (Å²) >= 11 is 0. The first-order chi connectivity index (χ1) is 36.3. The van der Waals surface area contributed by atoms with Gasteiger partial charge in [-0.3, -0.25) is 24.9 Å². The van der Waals surface area contributed by atoms with Gasteiger partial charge in [0.1, 0.15) is 11.2 Å². The van der Waals surface area contributed by atoms with Crippen LogP contribution < -0.4 is 0 Å². The quantitative estimate of drug-likeness (QED) is 0.153. The van der Waals surface area contributed by atoms with E-state index >= 15 is 0 Å². The predicted molar refractivity (Wildman–Crippen MR) is 311 cm³/mol. The lowest BCUT2D eigenvalue weighted by atomic mass is 9.96. The van der Waals surface area contributed by atoms with Crippen LogP contribution in [0, 0.1) is 19.3 Å². The van der Waals surface area contributed by atoms with Crippen LogP contribution in [0.1, 0.15) is 29.8 Å². The summed E-state index contributed by atoms with van der Waals surface area (Å²) in [5.74, 6) is 0. The fourth-order valence-electron chi connectivity index (χ4n) is 10.0. The lowest BCUT2D eigenvalue weighted by molar-refractivity contribution is 0.669. The normalized spacial score (nSPS) is 12.3. The number of hydrogen-bond donors (Lipinski definition) is 1. The maximum absolute atomic E-state index is 6.54. The van der Waals surface area contributed by atoms with Gasteiger partial charge in [-0.05, 0) is 169 Å². The Morgan fingerprint density at radius 3 is 1.55 bits per heavy atom. The molecule has 1 aliphatic rings. The first-order valence-corrected chi connectivity index (χ1v) is 24.6. The second-order valence-corrected chi connectivity index (χ2v) is 18.2. The zero-order valence-corrected chi connectivity index (χ0v) is 41.5. The van der Waals surface area contributed by atoms with Crippen LogP contribution >= 0.6 is 0 Å². The number of fused-ring (bicyclic) bond motifs is 9. The van der Waals surface area contributed by atoms with Crippen LogP contribution in [0.3, 0.4) is 0 Å². The SMILES string of the molecule is C=CC=N.C=CC=NC.Cc1ccc2c(n1)c1cc(-c3cccc(C4=CN=CCC4)c3)ccc1n2-c1ccc2oc3ccc(-n4c5ccc(-c6cccc(-c7cccnc7)c6)cc5c5nc(C)ccc54)cc3c2c1. The van der Waals surface area contributed by atoms with Gasteiger partial charge in [0.15, 0.2) is 0 Å². The Labute approximate surface area is 429 Å². The third-order valence-corrected chi connectivity index (χ3v) is 13.5. The number of nitrogens with zero attached hydrogens (tertiary/aromatic N) is 7. The summed E-state index contributed by atoms with van der Waals surface area (Å²) in [6.07, 6.45) is 15.5. The summed E-state index contributed by atoms with van der Waals surface area (Å²) in [4.78, 5) is 22.7. The summed E-state index contributed by atoms with van der Waals surface area (Å²) in [7, 11) is 1.71. The third-order valence-electron chi connectivity index (χ3n) is 13.5. The van der Waals surface area contributed by atoms with E-state index in [1.165, 1.54) is 22.8 Å². The van der Waals surface area contributed by atoms with Gasteiger partial charge < -0.3 is 19.0 Å². The molecule has 0 bridgehead atoms. The van der Waals surface area contributed by atoms with Crippen molar-refractivity contribution in [2.75, 3.05) is 7.05 Å². The standard InChI is InChI=1S/C58H40N6O.C4H7N.C3H5N/c1-35-13-19-53-57(61-35)49-29-41(37-7-3-9-39(27-37)43-11-5-25-59-33-43)15-21-51(49)63(53)45-17-23-55-47(31-45)48-32-46(18-24-56(48)65-55)64-52-22-16-42(30-50(52)58-54(64)20-14-36(2)62-58)38-8-4-10-40(28-38)44-12-6-26-60-34-44;1-3-4-5-2;1-2-3-4/h3-5,7-11,13-34H,6,12H2,1-2H3;3-4H,1H2,2H3;2-4H,1H2. The zero-order chi connectivity index (χ0) is 50.7. The molecule has 0 unspecified atom stereocenters. The van der Waals surface area contributed by atoms with E-state index in [1.807, 2.05) is 30.9 Å². The van der Waals surface area contributed by atoms with Gasteiger partial charge in [-0.2, -0.15) is 0 Å². The van der Waals surface area contributed by atoms with Crippen LogP contribution in [0.2, 0.25) is 0 Å². The van der Waals surface area contributed by atoms with E-state index < -0.39 is 0 Å². The van der Waals surface area contributed by atoms with Crippen LogP contribution in [-0.2, 0) is 0 Å². The van der Waals surface area contributed by atoms with Gasteiger partial charge in [-0.1, -0.05) is 79.9 Å². The molecule has 0 saturated carbocycles. The van der Waals surface area contributed by atoms with Gasteiger partial charge in [-0.15, -0.1) is 0 Å². The number of benzene rings is 6. The van der Waals surface area contributed by atoms with Crippen molar-refractivity contribution in [3.8, 4) is 44.8 Å². The molecule has 0 amide bonds. The first-order valence-electron chi connectivity index (χ1n) is 24.6. The second-order valence-electron chi connectivity index (χ2n) is 18.2. The Morgan fingerprint density at radius 2 is 1.07 bits per heavy atom. The smallest absolute Gasteiger partial charge is 0.135 e. The molecule has 0 spiro atoms. The van der Waals surface area contributed by atoms with Crippen molar-refractivity contribution in [2.24, 2.45) is 9.98 Å². The number of aliphatic imine (C=N–C) groups is 2. The second kappa shape index (κ2) is 20.3. The van der Waals surface area contributed by atoms with E-state index in [0.29, 0.717) is 0 Å². The fourth-order valence-corrected chi connectivity index (χ4v) is 10.0. The first kappa shape index (κ1) is 46.8. The summed E-state index contributed by atoms with van der Waals surface area (Å²) in [5.41, 5.74) is 21.4. The molecule has 0 atom stereocenters. The van der Waals surface area contributed by atoms with Crippen molar-refractivity contribution >= 4 is 90.0 Å². The fraction of sp³-hybridized carbons (Fsp3) is 0.0769. The highest BCUT2D eigenvalue weighted by molar-refractivity contribution is 6.12.